The maximum atomic E-state index is 13.1. The molecule has 1 aliphatic rings. The number of carboxylic acid groups (broad SMARTS) is 1. The lowest BCUT2D eigenvalue weighted by Crippen LogP contribution is -2.27. The Morgan fingerprint density at radius 1 is 1.15 bits per heavy atom. The molecule has 0 amide bonds. The largest absolute Gasteiger partial charge is 0.490 e. The van der Waals surface area contributed by atoms with Crippen LogP contribution in [0, 0.1) is 11.7 Å². The third-order valence-corrected chi connectivity index (χ3v) is 5.87. The fourth-order valence-corrected chi connectivity index (χ4v) is 4.17. The van der Waals surface area contributed by atoms with E-state index in [0.717, 1.165) is 25.7 Å². The van der Waals surface area contributed by atoms with Crippen LogP contribution in [0.25, 0.3) is 17.0 Å². The van der Waals surface area contributed by atoms with Gasteiger partial charge >= 0.3 is 5.97 Å². The number of nitrogens with zero attached hydrogens (tertiary/aromatic N) is 5. The van der Waals surface area contributed by atoms with Gasteiger partial charge in [-0.25, -0.2) is 18.9 Å². The van der Waals surface area contributed by atoms with Gasteiger partial charge in [-0.2, -0.15) is 10.2 Å². The smallest absolute Gasteiger partial charge is 0.338 e. The quantitative estimate of drug-likeness (QED) is 0.460. The van der Waals surface area contributed by atoms with Crippen molar-refractivity contribution in [2.75, 3.05) is 0 Å². The Labute approximate surface area is 186 Å². The zero-order chi connectivity index (χ0) is 22.9. The summed E-state index contributed by atoms with van der Waals surface area (Å²) < 4.78 is 21.9. The molecule has 0 atom stereocenters. The third-order valence-electron chi connectivity index (χ3n) is 5.87. The van der Waals surface area contributed by atoms with Gasteiger partial charge in [0.25, 0.3) is 5.56 Å². The molecule has 4 aromatic rings. The molecule has 0 spiro atoms. The summed E-state index contributed by atoms with van der Waals surface area (Å²) in [4.78, 5) is 30.9. The zero-order valence-corrected chi connectivity index (χ0v) is 17.5. The summed E-state index contributed by atoms with van der Waals surface area (Å²) in [6.07, 6.45) is 7.65. The molecule has 3 aromatic heterocycles. The number of aromatic nitrogens is 6. The first kappa shape index (κ1) is 20.9. The fraction of sp³-hybridized carbons (Fsp3) is 0.318. The van der Waals surface area contributed by atoms with E-state index in [1.165, 1.54) is 35.4 Å². The van der Waals surface area contributed by atoms with Gasteiger partial charge in [-0.3, -0.25) is 14.5 Å². The first-order valence-corrected chi connectivity index (χ1v) is 10.6. The van der Waals surface area contributed by atoms with Crippen LogP contribution in [0.1, 0.15) is 36.0 Å². The van der Waals surface area contributed by atoms with Crippen LogP contribution in [-0.4, -0.2) is 46.7 Å². The van der Waals surface area contributed by atoms with Crippen LogP contribution in [-0.2, 0) is 6.54 Å². The van der Waals surface area contributed by atoms with E-state index in [0.29, 0.717) is 29.2 Å². The molecule has 0 unspecified atom stereocenters. The Morgan fingerprint density at radius 2 is 1.91 bits per heavy atom. The second-order valence-electron chi connectivity index (χ2n) is 8.14. The Kier molecular flexibility index (Phi) is 5.37. The van der Waals surface area contributed by atoms with Crippen molar-refractivity contribution in [1.82, 2.24) is 29.5 Å². The minimum Gasteiger partial charge on any atom is -0.490 e. The standard InChI is InChI=1S/C22H21FN6O4/c23-15-3-7-17(8-4-15)33-16-5-1-13(2-6-16)11-28-19-18(10-25-28)26-22(27-20(19)30)29-12-14(9-24-29)21(31)32/h3-4,7-10,12-13,16H,1-2,5-6,11H2,(H,31,32)(H,26,27,30). The van der Waals surface area contributed by atoms with Crippen molar-refractivity contribution in [2.24, 2.45) is 5.92 Å². The summed E-state index contributed by atoms with van der Waals surface area (Å²) in [5.74, 6) is -0.277. The Bertz CT molecular complexity index is 1350. The van der Waals surface area contributed by atoms with Crippen molar-refractivity contribution < 1.29 is 19.0 Å². The molecule has 5 rings (SSSR count). The lowest BCUT2D eigenvalue weighted by molar-refractivity contribution is 0.0697. The molecule has 0 saturated heterocycles. The molecular weight excluding hydrogens is 431 g/mol. The number of hydrogen-bond acceptors (Lipinski definition) is 6. The van der Waals surface area contributed by atoms with Crippen LogP contribution >= 0.6 is 0 Å². The highest BCUT2D eigenvalue weighted by molar-refractivity contribution is 5.87. The number of halogens is 1. The molecule has 1 saturated carbocycles. The van der Waals surface area contributed by atoms with E-state index in [2.05, 4.69) is 20.2 Å². The number of ether oxygens (including phenoxy) is 1. The van der Waals surface area contributed by atoms with E-state index in [9.17, 15) is 14.0 Å². The SMILES string of the molecule is O=C(O)c1cnn(-c2nc3cnn(CC4CCC(Oc5ccc(F)cc5)CC4)c3c(=O)[nH]2)c1. The molecule has 1 aromatic carbocycles. The van der Waals surface area contributed by atoms with Gasteiger partial charge in [-0.1, -0.05) is 0 Å². The number of rotatable bonds is 6. The summed E-state index contributed by atoms with van der Waals surface area (Å²) in [7, 11) is 0. The van der Waals surface area contributed by atoms with Gasteiger partial charge in [0, 0.05) is 12.7 Å². The highest BCUT2D eigenvalue weighted by Gasteiger charge is 2.24. The first-order valence-electron chi connectivity index (χ1n) is 10.6. The highest BCUT2D eigenvalue weighted by Crippen LogP contribution is 2.29. The molecule has 10 nitrogen and oxygen atoms in total. The molecule has 0 radical (unpaired) electrons. The molecule has 3 heterocycles. The second kappa shape index (κ2) is 8.49. The predicted molar refractivity (Wildman–Crippen MR) is 115 cm³/mol. The number of carboxylic acids is 1. The second-order valence-corrected chi connectivity index (χ2v) is 8.14. The van der Waals surface area contributed by atoms with Crippen molar-refractivity contribution in [3.05, 3.63) is 64.6 Å². The van der Waals surface area contributed by atoms with Crippen molar-refractivity contribution in [2.45, 2.75) is 38.3 Å². The van der Waals surface area contributed by atoms with E-state index in [4.69, 9.17) is 9.84 Å². The summed E-state index contributed by atoms with van der Waals surface area (Å²) in [6, 6.07) is 6.05. The lowest BCUT2D eigenvalue weighted by atomic mass is 9.87. The van der Waals surface area contributed by atoms with Crippen molar-refractivity contribution in [1.29, 1.82) is 0 Å². The topological polar surface area (TPSA) is 128 Å². The summed E-state index contributed by atoms with van der Waals surface area (Å²) in [5, 5.41) is 17.4. The van der Waals surface area contributed by atoms with Gasteiger partial charge in [0.05, 0.1) is 24.1 Å². The van der Waals surface area contributed by atoms with E-state index >= 15 is 0 Å². The van der Waals surface area contributed by atoms with Gasteiger partial charge in [-0.15, -0.1) is 0 Å². The molecule has 0 bridgehead atoms. The van der Waals surface area contributed by atoms with Gasteiger partial charge in [0.1, 0.15) is 17.1 Å². The lowest BCUT2D eigenvalue weighted by Gasteiger charge is -2.29. The molecule has 1 aliphatic carbocycles. The number of carbonyl (C=O) groups is 1. The summed E-state index contributed by atoms with van der Waals surface area (Å²) in [5.41, 5.74) is 0.407. The van der Waals surface area contributed by atoms with Crippen LogP contribution in [0.3, 0.4) is 0 Å². The molecule has 170 valence electrons. The molecule has 33 heavy (non-hydrogen) atoms. The van der Waals surface area contributed by atoms with Crippen molar-refractivity contribution >= 4 is 17.0 Å². The average Bonchev–Trinajstić information content (AvgIpc) is 3.45. The monoisotopic (exact) mass is 452 g/mol. The Balaban J connectivity index is 1.26. The zero-order valence-electron chi connectivity index (χ0n) is 17.5. The van der Waals surface area contributed by atoms with Crippen molar-refractivity contribution in [3.63, 3.8) is 0 Å². The first-order chi connectivity index (χ1) is 16.0. The minimum atomic E-state index is -1.12. The number of benzene rings is 1. The predicted octanol–water partition coefficient (Wildman–Crippen LogP) is 2.78. The maximum absolute atomic E-state index is 13.1. The average molecular weight is 452 g/mol. The van der Waals surface area contributed by atoms with Gasteiger partial charge in [-0.05, 0) is 55.9 Å². The number of H-pyrrole nitrogens is 1. The highest BCUT2D eigenvalue weighted by atomic mass is 19.1. The molecule has 0 aliphatic heterocycles. The third kappa shape index (κ3) is 4.34. The fourth-order valence-electron chi connectivity index (χ4n) is 4.17. The van der Waals surface area contributed by atoms with Crippen molar-refractivity contribution in [3.8, 4) is 11.7 Å². The van der Waals surface area contributed by atoms with Crippen LogP contribution in [0.15, 0.2) is 47.7 Å². The van der Waals surface area contributed by atoms with E-state index in [1.807, 2.05) is 0 Å². The Morgan fingerprint density at radius 3 is 2.61 bits per heavy atom. The van der Waals surface area contributed by atoms with Crippen LogP contribution in [0.2, 0.25) is 0 Å². The molecule has 11 heteroatoms. The minimum absolute atomic E-state index is 0.00699. The van der Waals surface area contributed by atoms with Crippen LogP contribution < -0.4 is 10.3 Å². The van der Waals surface area contributed by atoms with Gasteiger partial charge < -0.3 is 9.84 Å². The normalized spacial score (nSPS) is 18.5. The van der Waals surface area contributed by atoms with Gasteiger partial charge in [0.2, 0.25) is 5.95 Å². The number of aromatic carboxylic acids is 1. The van der Waals surface area contributed by atoms with E-state index in [-0.39, 0.29) is 29.0 Å². The maximum Gasteiger partial charge on any atom is 0.338 e. The molecular formula is C22H21FN6O4. The van der Waals surface area contributed by atoms with E-state index < -0.39 is 5.97 Å². The number of aromatic amines is 1. The summed E-state index contributed by atoms with van der Waals surface area (Å²) >= 11 is 0. The molecule has 2 N–H and O–H groups in total. The van der Waals surface area contributed by atoms with Crippen LogP contribution in [0.5, 0.6) is 5.75 Å². The summed E-state index contributed by atoms with van der Waals surface area (Å²) in [6.45, 7) is 0.585. The number of nitrogens with one attached hydrogen (secondary N) is 1. The van der Waals surface area contributed by atoms with Gasteiger partial charge in [0.15, 0.2) is 5.52 Å². The van der Waals surface area contributed by atoms with E-state index in [1.54, 1.807) is 16.8 Å². The Hall–Kier alpha value is -4.02. The molecule has 1 fully saturated rings. The van der Waals surface area contributed by atoms with Crippen LogP contribution in [0.4, 0.5) is 4.39 Å². The number of fused-ring (bicyclic) bond motifs is 1. The number of hydrogen-bond donors (Lipinski definition) is 2.